The molecule has 1 amide bonds. The molecule has 11 heteroatoms. The van der Waals surface area contributed by atoms with E-state index in [1.807, 2.05) is 0 Å². The summed E-state index contributed by atoms with van der Waals surface area (Å²) in [5, 5.41) is 19.3. The fourth-order valence-electron chi connectivity index (χ4n) is 2.59. The SMILES string of the molecule is Cc1ccc(-c2cc(O)c(C(=O)Nc3c(C)n[nH]c3Cl)cc2F)nc1N[S+](C)[O-]. The van der Waals surface area contributed by atoms with Crippen molar-refractivity contribution in [3.63, 3.8) is 0 Å². The molecule has 1 unspecified atom stereocenters. The molecule has 0 aliphatic carbocycles. The molecule has 1 aromatic carbocycles. The van der Waals surface area contributed by atoms with Gasteiger partial charge in [-0.3, -0.25) is 9.89 Å². The van der Waals surface area contributed by atoms with Gasteiger partial charge in [-0.05, 0) is 37.6 Å². The average molecular weight is 438 g/mol. The molecule has 0 bridgehead atoms. The number of aromatic nitrogens is 3. The van der Waals surface area contributed by atoms with Gasteiger partial charge in [0.1, 0.15) is 28.7 Å². The Labute approximate surface area is 173 Å². The van der Waals surface area contributed by atoms with Gasteiger partial charge in [-0.25, -0.2) is 9.37 Å². The van der Waals surface area contributed by atoms with Crippen LogP contribution >= 0.6 is 11.6 Å². The van der Waals surface area contributed by atoms with Gasteiger partial charge in [0.15, 0.2) is 5.82 Å². The molecule has 4 N–H and O–H groups in total. The van der Waals surface area contributed by atoms with Crippen LogP contribution in [0, 0.1) is 19.7 Å². The number of hydrogen-bond donors (Lipinski definition) is 4. The van der Waals surface area contributed by atoms with Crippen molar-refractivity contribution in [2.45, 2.75) is 13.8 Å². The number of aryl methyl sites for hydroxylation is 2. The number of phenolic OH excluding ortho intramolecular Hbond substituents is 1. The molecule has 0 radical (unpaired) electrons. The third-order valence-electron chi connectivity index (χ3n) is 4.08. The quantitative estimate of drug-likeness (QED) is 0.452. The second-order valence-corrected chi connectivity index (χ2v) is 7.71. The number of rotatable bonds is 5. The van der Waals surface area contributed by atoms with Crippen molar-refractivity contribution in [3.8, 4) is 17.0 Å². The van der Waals surface area contributed by atoms with Crippen LogP contribution in [0.5, 0.6) is 5.75 Å². The summed E-state index contributed by atoms with van der Waals surface area (Å²) in [5.74, 6) is -1.62. The number of H-pyrrole nitrogens is 1. The van der Waals surface area contributed by atoms with E-state index >= 15 is 0 Å². The first-order valence-electron chi connectivity index (χ1n) is 8.29. The highest BCUT2D eigenvalue weighted by molar-refractivity contribution is 7.92. The Morgan fingerprint density at radius 1 is 1.34 bits per heavy atom. The maximum absolute atomic E-state index is 14.8. The fraction of sp³-hybridized carbons (Fsp3) is 0.167. The molecule has 0 fully saturated rings. The Morgan fingerprint density at radius 3 is 2.69 bits per heavy atom. The van der Waals surface area contributed by atoms with Crippen LogP contribution in [0.3, 0.4) is 0 Å². The summed E-state index contributed by atoms with van der Waals surface area (Å²) >= 11 is 4.55. The summed E-state index contributed by atoms with van der Waals surface area (Å²) < 4.78 is 28.8. The zero-order valence-electron chi connectivity index (χ0n) is 15.6. The second kappa shape index (κ2) is 8.27. The third kappa shape index (κ3) is 4.44. The molecule has 2 aromatic heterocycles. The van der Waals surface area contributed by atoms with Crippen molar-refractivity contribution in [3.05, 3.63) is 52.1 Å². The minimum Gasteiger partial charge on any atom is -0.593 e. The second-order valence-electron chi connectivity index (χ2n) is 6.22. The van der Waals surface area contributed by atoms with Crippen molar-refractivity contribution in [2.24, 2.45) is 0 Å². The molecule has 29 heavy (non-hydrogen) atoms. The van der Waals surface area contributed by atoms with Gasteiger partial charge in [-0.15, -0.1) is 0 Å². The number of anilines is 2. The van der Waals surface area contributed by atoms with Crippen molar-refractivity contribution >= 4 is 40.4 Å². The number of aromatic amines is 1. The van der Waals surface area contributed by atoms with Gasteiger partial charge >= 0.3 is 0 Å². The molecule has 0 spiro atoms. The maximum Gasteiger partial charge on any atom is 0.259 e. The predicted molar refractivity (Wildman–Crippen MR) is 110 cm³/mol. The first-order chi connectivity index (χ1) is 13.7. The summed E-state index contributed by atoms with van der Waals surface area (Å²) in [6.07, 6.45) is 1.45. The highest BCUT2D eigenvalue weighted by Gasteiger charge is 2.20. The maximum atomic E-state index is 14.8. The van der Waals surface area contributed by atoms with Crippen molar-refractivity contribution in [1.82, 2.24) is 15.2 Å². The van der Waals surface area contributed by atoms with Gasteiger partial charge in [0, 0.05) is 5.56 Å². The summed E-state index contributed by atoms with van der Waals surface area (Å²) in [6.45, 7) is 3.38. The van der Waals surface area contributed by atoms with Gasteiger partial charge in [0.25, 0.3) is 5.91 Å². The zero-order chi connectivity index (χ0) is 21.3. The van der Waals surface area contributed by atoms with E-state index in [2.05, 4.69) is 25.2 Å². The van der Waals surface area contributed by atoms with Crippen LogP contribution in [0.15, 0.2) is 24.3 Å². The summed E-state index contributed by atoms with van der Waals surface area (Å²) in [4.78, 5) is 16.7. The van der Waals surface area contributed by atoms with E-state index in [0.29, 0.717) is 11.5 Å². The van der Waals surface area contributed by atoms with E-state index in [1.165, 1.54) is 6.26 Å². The molecular formula is C18H17ClFN5O3S. The van der Waals surface area contributed by atoms with Gasteiger partial charge in [0.05, 0.1) is 28.3 Å². The number of phenols is 1. The van der Waals surface area contributed by atoms with E-state index in [0.717, 1.165) is 17.7 Å². The summed E-state index contributed by atoms with van der Waals surface area (Å²) in [7, 11) is 0. The average Bonchev–Trinajstić information content (AvgIpc) is 2.96. The Bertz CT molecular complexity index is 1070. The van der Waals surface area contributed by atoms with Gasteiger partial charge in [-0.2, -0.15) is 9.82 Å². The number of carbonyl (C=O) groups is 1. The van der Waals surface area contributed by atoms with E-state index in [1.54, 1.807) is 26.0 Å². The molecular weight excluding hydrogens is 421 g/mol. The molecule has 3 aromatic rings. The van der Waals surface area contributed by atoms with Gasteiger partial charge < -0.3 is 15.0 Å². The molecule has 8 nitrogen and oxygen atoms in total. The number of nitrogens with one attached hydrogen (secondary N) is 3. The first kappa shape index (κ1) is 20.9. The molecule has 0 saturated heterocycles. The normalized spacial score (nSPS) is 11.9. The monoisotopic (exact) mass is 437 g/mol. The van der Waals surface area contributed by atoms with Crippen molar-refractivity contribution in [2.75, 3.05) is 16.3 Å². The zero-order valence-corrected chi connectivity index (χ0v) is 17.2. The summed E-state index contributed by atoms with van der Waals surface area (Å²) in [5.41, 5.74) is 1.32. The molecule has 0 aliphatic heterocycles. The lowest BCUT2D eigenvalue weighted by molar-refractivity contribution is 0.102. The molecule has 2 heterocycles. The molecule has 1 atom stereocenters. The number of halogens is 2. The van der Waals surface area contributed by atoms with E-state index < -0.39 is 28.8 Å². The molecule has 3 rings (SSSR count). The highest BCUT2D eigenvalue weighted by atomic mass is 35.5. The van der Waals surface area contributed by atoms with E-state index in [9.17, 15) is 18.8 Å². The minimum atomic E-state index is -1.36. The summed E-state index contributed by atoms with van der Waals surface area (Å²) in [6, 6.07) is 5.26. The molecule has 0 saturated carbocycles. The molecule has 152 valence electrons. The van der Waals surface area contributed by atoms with Crippen LogP contribution in [-0.4, -0.2) is 37.0 Å². The van der Waals surface area contributed by atoms with Crippen LogP contribution in [-0.2, 0) is 11.4 Å². The molecule has 0 aliphatic rings. The number of benzene rings is 1. The number of pyridine rings is 1. The highest BCUT2D eigenvalue weighted by Crippen LogP contribution is 2.31. The largest absolute Gasteiger partial charge is 0.593 e. The van der Waals surface area contributed by atoms with Gasteiger partial charge in [0.2, 0.25) is 0 Å². The number of aromatic hydroxyl groups is 1. The smallest absolute Gasteiger partial charge is 0.259 e. The number of nitrogens with zero attached hydrogens (tertiary/aromatic N) is 2. The standard InChI is InChI=1S/C18H17ClFN5O3S/c1-8-4-5-13(21-17(8)25-29(3)28)10-7-14(26)11(6-12(10)20)18(27)22-15-9(2)23-24-16(15)19/h4-7,26H,1-3H3,(H,21,25)(H,22,27)(H,23,24). The van der Waals surface area contributed by atoms with Crippen LogP contribution in [0.1, 0.15) is 21.6 Å². The lowest BCUT2D eigenvalue weighted by Gasteiger charge is -2.12. The van der Waals surface area contributed by atoms with E-state index in [-0.39, 0.29) is 27.7 Å². The minimum absolute atomic E-state index is 0.0125. The topological polar surface area (TPSA) is 126 Å². The van der Waals surface area contributed by atoms with Crippen LogP contribution in [0.4, 0.5) is 15.9 Å². The van der Waals surface area contributed by atoms with Crippen molar-refractivity contribution in [1.29, 1.82) is 0 Å². The van der Waals surface area contributed by atoms with Crippen LogP contribution in [0.2, 0.25) is 5.15 Å². The lowest BCUT2D eigenvalue weighted by atomic mass is 10.0. The first-order valence-corrected chi connectivity index (χ1v) is 10.2. The Kier molecular flexibility index (Phi) is 5.96. The van der Waals surface area contributed by atoms with Crippen LogP contribution < -0.4 is 10.0 Å². The van der Waals surface area contributed by atoms with Gasteiger partial charge in [-0.1, -0.05) is 17.7 Å². The third-order valence-corrected chi connectivity index (χ3v) is 4.84. The fourth-order valence-corrected chi connectivity index (χ4v) is 3.29. The lowest BCUT2D eigenvalue weighted by Crippen LogP contribution is -2.14. The number of hydrogen-bond acceptors (Lipinski definition) is 6. The number of amides is 1. The number of carbonyl (C=O) groups excluding carboxylic acids is 1. The van der Waals surface area contributed by atoms with Crippen molar-refractivity contribution < 1.29 is 18.8 Å². The Hall–Kier alpha value is -2.82. The Morgan fingerprint density at radius 2 is 2.07 bits per heavy atom. The van der Waals surface area contributed by atoms with Crippen LogP contribution in [0.25, 0.3) is 11.3 Å². The van der Waals surface area contributed by atoms with E-state index in [4.69, 9.17) is 11.6 Å². The Balaban J connectivity index is 1.95. The predicted octanol–water partition coefficient (Wildman–Crippen LogP) is 3.54.